The molecule has 0 saturated carbocycles. The number of sulfonamides is 1. The van der Waals surface area contributed by atoms with Gasteiger partial charge in [0.25, 0.3) is 10.0 Å². The number of hydrogen-bond donors (Lipinski definition) is 0. The first kappa shape index (κ1) is 20.3. The number of nitrogens with zero attached hydrogens (tertiary/aromatic N) is 2. The predicted molar refractivity (Wildman–Crippen MR) is 106 cm³/mol. The number of carbonyl (C=O) groups is 1. The van der Waals surface area contributed by atoms with Crippen LogP contribution in [0.2, 0.25) is 10.0 Å². The summed E-state index contributed by atoms with van der Waals surface area (Å²) in [5.74, 6) is -0.226. The van der Waals surface area contributed by atoms with Gasteiger partial charge >= 0.3 is 0 Å². The van der Waals surface area contributed by atoms with E-state index in [4.69, 9.17) is 23.2 Å². The molecule has 26 heavy (non-hydrogen) atoms. The lowest BCUT2D eigenvalue weighted by molar-refractivity contribution is 0.104. The van der Waals surface area contributed by atoms with E-state index in [0.29, 0.717) is 16.3 Å². The molecule has 0 unspecified atom stereocenters. The standard InChI is InChI=1S/C18H18Cl2N2O3S/c1-21(2)10-9-17(23)13-5-4-6-15(11-13)22(3)26(24,25)18-8-7-14(19)12-16(18)20/h4-12H,1-3H3/b10-9+. The maximum Gasteiger partial charge on any atom is 0.265 e. The van der Waals surface area contributed by atoms with Gasteiger partial charge in [0.2, 0.25) is 0 Å². The Bertz CT molecular complexity index is 957. The van der Waals surface area contributed by atoms with Crippen molar-refractivity contribution in [1.82, 2.24) is 4.90 Å². The molecule has 0 saturated heterocycles. The van der Waals surface area contributed by atoms with E-state index in [9.17, 15) is 13.2 Å². The number of benzene rings is 2. The summed E-state index contributed by atoms with van der Waals surface area (Å²) in [7, 11) is 1.10. The highest BCUT2D eigenvalue weighted by Gasteiger charge is 2.24. The van der Waals surface area contributed by atoms with Crippen LogP contribution in [0, 0.1) is 0 Å². The third-order valence-corrected chi connectivity index (χ3v) is 6.05. The molecular formula is C18H18Cl2N2O3S. The Labute approximate surface area is 163 Å². The van der Waals surface area contributed by atoms with Crippen molar-refractivity contribution in [2.45, 2.75) is 4.90 Å². The van der Waals surface area contributed by atoms with Gasteiger partial charge in [0.1, 0.15) is 4.90 Å². The minimum atomic E-state index is -3.90. The molecule has 0 spiro atoms. The van der Waals surface area contributed by atoms with Gasteiger partial charge in [-0.15, -0.1) is 0 Å². The van der Waals surface area contributed by atoms with Gasteiger partial charge in [-0.1, -0.05) is 35.3 Å². The third-order valence-electron chi connectivity index (χ3n) is 3.55. The van der Waals surface area contributed by atoms with E-state index in [0.717, 1.165) is 4.31 Å². The minimum Gasteiger partial charge on any atom is -0.383 e. The molecule has 2 rings (SSSR count). The summed E-state index contributed by atoms with van der Waals surface area (Å²) in [5, 5.41) is 0.377. The van der Waals surface area contributed by atoms with Gasteiger partial charge < -0.3 is 4.90 Å². The summed E-state index contributed by atoms with van der Waals surface area (Å²) in [6, 6.07) is 10.6. The predicted octanol–water partition coefficient (Wildman–Crippen LogP) is 4.08. The Morgan fingerprint density at radius 1 is 1.04 bits per heavy atom. The lowest BCUT2D eigenvalue weighted by Gasteiger charge is -2.20. The van der Waals surface area contributed by atoms with E-state index in [1.165, 1.54) is 37.4 Å². The molecule has 0 atom stereocenters. The van der Waals surface area contributed by atoms with Crippen molar-refractivity contribution >= 4 is 44.7 Å². The van der Waals surface area contributed by atoms with Crippen LogP contribution in [0.15, 0.2) is 59.6 Å². The fraction of sp³-hybridized carbons (Fsp3) is 0.167. The molecule has 0 aliphatic heterocycles. The molecule has 0 fully saturated rings. The Morgan fingerprint density at radius 2 is 1.73 bits per heavy atom. The van der Waals surface area contributed by atoms with Crippen molar-refractivity contribution in [2.75, 3.05) is 25.4 Å². The van der Waals surface area contributed by atoms with E-state index in [2.05, 4.69) is 0 Å². The molecule has 0 aliphatic rings. The molecule has 138 valence electrons. The maximum absolute atomic E-state index is 12.9. The van der Waals surface area contributed by atoms with E-state index in [1.54, 1.807) is 43.4 Å². The molecule has 2 aromatic rings. The first-order chi connectivity index (χ1) is 12.1. The van der Waals surface area contributed by atoms with E-state index < -0.39 is 10.0 Å². The van der Waals surface area contributed by atoms with Crippen molar-refractivity contribution in [3.63, 3.8) is 0 Å². The maximum atomic E-state index is 12.9. The Hall–Kier alpha value is -2.02. The van der Waals surface area contributed by atoms with Crippen molar-refractivity contribution in [1.29, 1.82) is 0 Å². The largest absolute Gasteiger partial charge is 0.383 e. The lowest BCUT2D eigenvalue weighted by Crippen LogP contribution is -2.27. The van der Waals surface area contributed by atoms with Crippen LogP contribution in [-0.4, -0.2) is 40.2 Å². The first-order valence-corrected chi connectivity index (χ1v) is 9.75. The highest BCUT2D eigenvalue weighted by Crippen LogP contribution is 2.29. The molecule has 0 aromatic heterocycles. The average Bonchev–Trinajstić information content (AvgIpc) is 2.58. The van der Waals surface area contributed by atoms with Gasteiger partial charge in [-0.25, -0.2) is 8.42 Å². The first-order valence-electron chi connectivity index (χ1n) is 7.56. The summed E-state index contributed by atoms with van der Waals surface area (Å²) in [4.78, 5) is 13.9. The van der Waals surface area contributed by atoms with Gasteiger partial charge in [-0.05, 0) is 30.3 Å². The Kier molecular flexibility index (Phi) is 6.34. The van der Waals surface area contributed by atoms with Crippen LogP contribution in [-0.2, 0) is 10.0 Å². The summed E-state index contributed by atoms with van der Waals surface area (Å²) < 4.78 is 26.8. The second-order valence-corrected chi connectivity index (χ2v) is 8.52. The highest BCUT2D eigenvalue weighted by molar-refractivity contribution is 7.93. The summed E-state index contributed by atoms with van der Waals surface area (Å²) in [6.45, 7) is 0. The molecule has 8 heteroatoms. The zero-order valence-corrected chi connectivity index (χ0v) is 16.8. The zero-order chi connectivity index (χ0) is 19.5. The van der Waals surface area contributed by atoms with E-state index >= 15 is 0 Å². The highest BCUT2D eigenvalue weighted by atomic mass is 35.5. The monoisotopic (exact) mass is 412 g/mol. The van der Waals surface area contributed by atoms with E-state index in [-0.39, 0.29) is 15.7 Å². The molecule has 5 nitrogen and oxygen atoms in total. The smallest absolute Gasteiger partial charge is 0.265 e. The lowest BCUT2D eigenvalue weighted by atomic mass is 10.1. The van der Waals surface area contributed by atoms with Crippen LogP contribution in [0.1, 0.15) is 10.4 Å². The molecule has 0 bridgehead atoms. The number of ketones is 1. The van der Waals surface area contributed by atoms with Gasteiger partial charge in [0.15, 0.2) is 5.78 Å². The molecule has 0 N–H and O–H groups in total. The minimum absolute atomic E-state index is 0.0329. The van der Waals surface area contributed by atoms with Gasteiger partial charge in [0, 0.05) is 44.0 Å². The van der Waals surface area contributed by atoms with Crippen molar-refractivity contribution < 1.29 is 13.2 Å². The third kappa shape index (κ3) is 4.58. The SMILES string of the molecule is CN(C)/C=C/C(=O)c1cccc(N(C)S(=O)(=O)c2ccc(Cl)cc2Cl)c1. The Balaban J connectivity index is 2.39. The van der Waals surface area contributed by atoms with Crippen LogP contribution in [0.3, 0.4) is 0 Å². The fourth-order valence-electron chi connectivity index (χ4n) is 2.14. The quantitative estimate of drug-likeness (QED) is 0.529. The number of anilines is 1. The molecular weight excluding hydrogens is 395 g/mol. The molecule has 2 aromatic carbocycles. The number of hydrogen-bond acceptors (Lipinski definition) is 4. The van der Waals surface area contributed by atoms with Crippen molar-refractivity contribution in [3.8, 4) is 0 Å². The van der Waals surface area contributed by atoms with Crippen LogP contribution >= 0.6 is 23.2 Å². The van der Waals surface area contributed by atoms with Gasteiger partial charge in [-0.2, -0.15) is 0 Å². The number of carbonyl (C=O) groups excluding carboxylic acids is 1. The van der Waals surface area contributed by atoms with Crippen LogP contribution in [0.5, 0.6) is 0 Å². The molecule has 0 amide bonds. The Morgan fingerprint density at radius 3 is 2.35 bits per heavy atom. The van der Waals surface area contributed by atoms with Gasteiger partial charge in [-0.3, -0.25) is 9.10 Å². The second kappa shape index (κ2) is 8.12. The topological polar surface area (TPSA) is 57.7 Å². The van der Waals surface area contributed by atoms with Crippen LogP contribution < -0.4 is 4.31 Å². The van der Waals surface area contributed by atoms with Crippen LogP contribution in [0.25, 0.3) is 0 Å². The summed E-state index contributed by atoms with van der Waals surface area (Å²) in [5.41, 5.74) is 0.727. The summed E-state index contributed by atoms with van der Waals surface area (Å²) in [6.07, 6.45) is 3.05. The second-order valence-electron chi connectivity index (χ2n) is 5.74. The zero-order valence-electron chi connectivity index (χ0n) is 14.5. The van der Waals surface area contributed by atoms with Gasteiger partial charge in [0.05, 0.1) is 10.7 Å². The molecule has 0 radical (unpaired) electrons. The fourth-order valence-corrected chi connectivity index (χ4v) is 4.07. The number of halogens is 2. The average molecular weight is 413 g/mol. The number of allylic oxidation sites excluding steroid dienone is 1. The van der Waals surface area contributed by atoms with Crippen molar-refractivity contribution in [3.05, 3.63) is 70.3 Å². The molecule has 0 heterocycles. The normalized spacial score (nSPS) is 11.6. The number of rotatable bonds is 6. The summed E-state index contributed by atoms with van der Waals surface area (Å²) >= 11 is 11.9. The van der Waals surface area contributed by atoms with Crippen molar-refractivity contribution in [2.24, 2.45) is 0 Å². The molecule has 0 aliphatic carbocycles. The van der Waals surface area contributed by atoms with E-state index in [1.807, 2.05) is 0 Å². The van der Waals surface area contributed by atoms with Crippen LogP contribution in [0.4, 0.5) is 5.69 Å².